The number of nitriles is 1. The molecule has 1 fully saturated rings. The van der Waals surface area contributed by atoms with Crippen LogP contribution in [0.4, 0.5) is 0 Å². The van der Waals surface area contributed by atoms with E-state index in [1.807, 2.05) is 0 Å². The van der Waals surface area contributed by atoms with Crippen molar-refractivity contribution in [3.8, 4) is 6.07 Å². The number of amides is 2. The number of nitrogens with two attached hydrogens (primary N) is 2. The van der Waals surface area contributed by atoms with Crippen molar-refractivity contribution in [1.82, 2.24) is 4.90 Å². The van der Waals surface area contributed by atoms with Crippen LogP contribution in [0.15, 0.2) is 48.2 Å². The van der Waals surface area contributed by atoms with E-state index in [2.05, 4.69) is 6.07 Å². The second-order valence-corrected chi connectivity index (χ2v) is 7.94. The summed E-state index contributed by atoms with van der Waals surface area (Å²) in [5.41, 5.74) is 10.00. The van der Waals surface area contributed by atoms with Crippen LogP contribution in [-0.2, 0) is 19.1 Å². The van der Waals surface area contributed by atoms with Crippen molar-refractivity contribution in [1.29, 1.82) is 5.26 Å². The normalized spacial score (nSPS) is 27.2. The van der Waals surface area contributed by atoms with Gasteiger partial charge in [0.1, 0.15) is 6.04 Å². The minimum atomic E-state index is -1.80. The first-order valence-electron chi connectivity index (χ1n) is 9.27. The van der Waals surface area contributed by atoms with E-state index in [1.54, 1.807) is 38.1 Å². The van der Waals surface area contributed by atoms with Crippen LogP contribution in [0.3, 0.4) is 0 Å². The number of fused-ring (bicyclic) bond motifs is 1. The molecular formula is C21H21ClN4O4. The Kier molecular flexibility index (Phi) is 5.59. The molecule has 8 nitrogen and oxygen atoms in total. The van der Waals surface area contributed by atoms with Crippen LogP contribution >= 0.6 is 11.6 Å². The van der Waals surface area contributed by atoms with Gasteiger partial charge >= 0.3 is 5.97 Å². The second kappa shape index (κ2) is 7.84. The molecule has 0 saturated carbocycles. The summed E-state index contributed by atoms with van der Waals surface area (Å²) in [6, 6.07) is 6.56. The standard InChI is InChI=1S/C21H21ClN4O4/c1-11(2)30-19(28)17-16(12-3-6-14(22)7-4-12)21(10-23,20(25)29)15-8-5-13(18(24)27)9-26(15)17/h3-9,11,15-17H,1-2H3,(H2,24,27)(H2,25,29)/t15-,16+,17+,21-/m1/s1. The van der Waals surface area contributed by atoms with Crippen LogP contribution in [0.25, 0.3) is 0 Å². The zero-order chi connectivity index (χ0) is 22.2. The SMILES string of the molecule is CC(C)OC(=O)[C@@H]1[C@H](c2ccc(Cl)cc2)[C@](C#N)(C(N)=O)[C@H]2C=CC(C(N)=O)=CN12. The highest BCUT2D eigenvalue weighted by atomic mass is 35.5. The molecule has 1 aromatic carbocycles. The van der Waals surface area contributed by atoms with Gasteiger partial charge in [0, 0.05) is 17.1 Å². The van der Waals surface area contributed by atoms with Gasteiger partial charge in [-0.1, -0.05) is 29.8 Å². The summed E-state index contributed by atoms with van der Waals surface area (Å²) in [7, 11) is 0. The topological polar surface area (TPSA) is 140 Å². The molecule has 0 aromatic heterocycles. The Bertz CT molecular complexity index is 995. The van der Waals surface area contributed by atoms with E-state index in [0.717, 1.165) is 0 Å². The molecule has 0 unspecified atom stereocenters. The molecule has 0 aliphatic carbocycles. The van der Waals surface area contributed by atoms with Gasteiger partial charge in [-0.15, -0.1) is 0 Å². The summed E-state index contributed by atoms with van der Waals surface area (Å²) in [4.78, 5) is 39.1. The number of hydrogen-bond acceptors (Lipinski definition) is 6. The summed E-state index contributed by atoms with van der Waals surface area (Å²) < 4.78 is 5.43. The molecule has 2 amide bonds. The molecule has 0 spiro atoms. The second-order valence-electron chi connectivity index (χ2n) is 7.50. The van der Waals surface area contributed by atoms with Crippen LogP contribution in [-0.4, -0.2) is 40.9 Å². The van der Waals surface area contributed by atoms with Gasteiger partial charge in [0.2, 0.25) is 11.8 Å². The van der Waals surface area contributed by atoms with E-state index in [9.17, 15) is 19.6 Å². The van der Waals surface area contributed by atoms with Crippen molar-refractivity contribution in [2.75, 3.05) is 0 Å². The maximum Gasteiger partial charge on any atom is 0.329 e. The molecule has 0 radical (unpaired) electrons. The van der Waals surface area contributed by atoms with Crippen molar-refractivity contribution in [2.24, 2.45) is 16.9 Å². The zero-order valence-electron chi connectivity index (χ0n) is 16.4. The fourth-order valence-electron chi connectivity index (χ4n) is 4.13. The van der Waals surface area contributed by atoms with Crippen LogP contribution in [0.1, 0.15) is 25.3 Å². The summed E-state index contributed by atoms with van der Waals surface area (Å²) in [5.74, 6) is -3.22. The first-order valence-corrected chi connectivity index (χ1v) is 9.65. The highest BCUT2D eigenvalue weighted by Gasteiger charge is 2.65. The van der Waals surface area contributed by atoms with Crippen molar-refractivity contribution < 1.29 is 19.1 Å². The Labute approximate surface area is 178 Å². The van der Waals surface area contributed by atoms with E-state index >= 15 is 0 Å². The zero-order valence-corrected chi connectivity index (χ0v) is 17.2. The third-order valence-electron chi connectivity index (χ3n) is 5.36. The van der Waals surface area contributed by atoms with Crippen molar-refractivity contribution in [3.05, 3.63) is 58.8 Å². The minimum Gasteiger partial charge on any atom is -0.461 e. The third-order valence-corrected chi connectivity index (χ3v) is 5.61. The van der Waals surface area contributed by atoms with Gasteiger partial charge in [0.25, 0.3) is 0 Å². The molecule has 4 atom stereocenters. The number of nitrogens with zero attached hydrogens (tertiary/aromatic N) is 2. The van der Waals surface area contributed by atoms with Gasteiger partial charge in [-0.2, -0.15) is 5.26 Å². The lowest BCUT2D eigenvalue weighted by Gasteiger charge is -2.32. The van der Waals surface area contributed by atoms with Gasteiger partial charge in [-0.05, 0) is 37.6 Å². The van der Waals surface area contributed by atoms with Crippen LogP contribution in [0.5, 0.6) is 0 Å². The Morgan fingerprint density at radius 3 is 2.37 bits per heavy atom. The molecule has 2 heterocycles. The molecule has 156 valence electrons. The Morgan fingerprint density at radius 2 is 1.87 bits per heavy atom. The van der Waals surface area contributed by atoms with E-state index in [-0.39, 0.29) is 5.57 Å². The van der Waals surface area contributed by atoms with E-state index in [4.69, 9.17) is 27.8 Å². The lowest BCUT2D eigenvalue weighted by molar-refractivity contribution is -0.152. The first-order chi connectivity index (χ1) is 14.1. The maximum atomic E-state index is 13.1. The summed E-state index contributed by atoms with van der Waals surface area (Å²) >= 11 is 6.00. The molecule has 2 aliphatic heterocycles. The van der Waals surface area contributed by atoms with Crippen molar-refractivity contribution in [3.63, 3.8) is 0 Å². The predicted molar refractivity (Wildman–Crippen MR) is 108 cm³/mol. The maximum absolute atomic E-state index is 13.1. The smallest absolute Gasteiger partial charge is 0.329 e. The minimum absolute atomic E-state index is 0.127. The number of halogens is 1. The highest BCUT2D eigenvalue weighted by Crippen LogP contribution is 2.53. The molecule has 1 saturated heterocycles. The van der Waals surface area contributed by atoms with Crippen molar-refractivity contribution >= 4 is 29.4 Å². The lowest BCUT2D eigenvalue weighted by Crippen LogP contribution is -2.48. The Hall–Kier alpha value is -3.31. The van der Waals surface area contributed by atoms with E-state index < -0.39 is 47.3 Å². The fourth-order valence-corrected chi connectivity index (χ4v) is 4.26. The molecule has 30 heavy (non-hydrogen) atoms. The molecular weight excluding hydrogens is 408 g/mol. The molecule has 3 rings (SSSR count). The van der Waals surface area contributed by atoms with Gasteiger partial charge < -0.3 is 21.1 Å². The van der Waals surface area contributed by atoms with Crippen LogP contribution < -0.4 is 11.5 Å². The molecule has 4 N–H and O–H groups in total. The summed E-state index contributed by atoms with van der Waals surface area (Å²) in [6.07, 6.45) is 3.87. The average molecular weight is 429 g/mol. The number of rotatable bonds is 5. The number of hydrogen-bond donors (Lipinski definition) is 2. The summed E-state index contributed by atoms with van der Waals surface area (Å²) in [6.45, 7) is 3.38. The summed E-state index contributed by atoms with van der Waals surface area (Å²) in [5, 5.41) is 10.6. The predicted octanol–water partition coefficient (Wildman–Crippen LogP) is 1.36. The van der Waals surface area contributed by atoms with Gasteiger partial charge in [0.15, 0.2) is 5.41 Å². The third kappa shape index (κ3) is 3.31. The van der Waals surface area contributed by atoms with Crippen LogP contribution in [0, 0.1) is 16.7 Å². The number of carbonyl (C=O) groups excluding carboxylic acids is 3. The lowest BCUT2D eigenvalue weighted by atomic mass is 9.68. The monoisotopic (exact) mass is 428 g/mol. The quantitative estimate of drug-likeness (QED) is 0.678. The fraction of sp³-hybridized carbons (Fsp3) is 0.333. The largest absolute Gasteiger partial charge is 0.461 e. The van der Waals surface area contributed by atoms with E-state index in [0.29, 0.717) is 10.6 Å². The van der Waals surface area contributed by atoms with E-state index in [1.165, 1.54) is 23.3 Å². The number of primary amides is 2. The Balaban J connectivity index is 2.27. The molecule has 2 aliphatic rings. The number of ether oxygens (including phenoxy) is 1. The van der Waals surface area contributed by atoms with Crippen molar-refractivity contribution in [2.45, 2.75) is 38.0 Å². The van der Waals surface area contributed by atoms with Gasteiger partial charge in [-0.3, -0.25) is 9.59 Å². The number of benzene rings is 1. The van der Waals surface area contributed by atoms with Gasteiger partial charge in [-0.25, -0.2) is 4.79 Å². The molecule has 0 bridgehead atoms. The molecule has 1 aromatic rings. The van der Waals surface area contributed by atoms with Crippen LogP contribution in [0.2, 0.25) is 5.02 Å². The Morgan fingerprint density at radius 1 is 1.23 bits per heavy atom. The average Bonchev–Trinajstić information content (AvgIpc) is 2.98. The number of carbonyl (C=O) groups is 3. The number of esters is 1. The molecule has 9 heteroatoms. The highest BCUT2D eigenvalue weighted by molar-refractivity contribution is 6.30. The first kappa shape index (κ1) is 21.4. The van der Waals surface area contributed by atoms with Gasteiger partial charge in [0.05, 0.1) is 23.8 Å².